The summed E-state index contributed by atoms with van der Waals surface area (Å²) in [5.74, 6) is 1.25. The van der Waals surface area contributed by atoms with Gasteiger partial charge in [0.25, 0.3) is 0 Å². The van der Waals surface area contributed by atoms with Gasteiger partial charge in [-0.2, -0.15) is 0 Å². The number of sulfonamides is 1. The standard InChI is InChI=1S/C18H19N3O5S/c1-12-4-6-13(7-5-12)18-21-20-17(26-18)11-19-27(22,23)14-8-9-15(24-2)16(10-14)25-3/h4-10,19H,11H2,1-3H3. The van der Waals surface area contributed by atoms with Gasteiger partial charge in [-0.25, -0.2) is 13.1 Å². The Kier molecular flexibility index (Phi) is 5.43. The molecular weight excluding hydrogens is 370 g/mol. The molecular formula is C18H19N3O5S. The molecule has 2 aromatic carbocycles. The van der Waals surface area contributed by atoms with Gasteiger partial charge in [0.15, 0.2) is 11.5 Å². The summed E-state index contributed by atoms with van der Waals surface area (Å²) in [5, 5.41) is 7.84. The zero-order valence-electron chi connectivity index (χ0n) is 15.1. The summed E-state index contributed by atoms with van der Waals surface area (Å²) in [6.45, 7) is 1.85. The van der Waals surface area contributed by atoms with E-state index >= 15 is 0 Å². The second-order valence-electron chi connectivity index (χ2n) is 5.71. The van der Waals surface area contributed by atoms with Crippen LogP contribution in [-0.4, -0.2) is 32.8 Å². The van der Waals surface area contributed by atoms with Crippen molar-refractivity contribution in [1.82, 2.24) is 14.9 Å². The number of aryl methyl sites for hydroxylation is 1. The number of aromatic nitrogens is 2. The fourth-order valence-electron chi connectivity index (χ4n) is 2.36. The minimum atomic E-state index is -3.79. The number of nitrogens with zero attached hydrogens (tertiary/aromatic N) is 2. The molecule has 0 aliphatic heterocycles. The van der Waals surface area contributed by atoms with E-state index in [-0.39, 0.29) is 17.3 Å². The normalized spacial score (nSPS) is 11.4. The average molecular weight is 389 g/mol. The summed E-state index contributed by atoms with van der Waals surface area (Å²) in [7, 11) is -0.875. The van der Waals surface area contributed by atoms with Crippen molar-refractivity contribution in [2.24, 2.45) is 0 Å². The topological polar surface area (TPSA) is 104 Å². The Balaban J connectivity index is 1.73. The fourth-order valence-corrected chi connectivity index (χ4v) is 3.35. The number of benzene rings is 2. The van der Waals surface area contributed by atoms with Crippen LogP contribution in [0.4, 0.5) is 0 Å². The SMILES string of the molecule is COc1ccc(S(=O)(=O)NCc2nnc(-c3ccc(C)cc3)o2)cc1OC. The predicted octanol–water partition coefficient (Wildman–Crippen LogP) is 2.54. The van der Waals surface area contributed by atoms with Crippen LogP contribution in [-0.2, 0) is 16.6 Å². The number of rotatable bonds is 7. The van der Waals surface area contributed by atoms with E-state index in [1.165, 1.54) is 32.4 Å². The van der Waals surface area contributed by atoms with Gasteiger partial charge in [0.05, 0.1) is 25.7 Å². The Morgan fingerprint density at radius 1 is 1.00 bits per heavy atom. The van der Waals surface area contributed by atoms with Gasteiger partial charge in [-0.05, 0) is 31.2 Å². The van der Waals surface area contributed by atoms with E-state index in [1.807, 2.05) is 31.2 Å². The lowest BCUT2D eigenvalue weighted by molar-refractivity contribution is 0.354. The Morgan fingerprint density at radius 2 is 1.70 bits per heavy atom. The molecule has 0 saturated heterocycles. The Hall–Kier alpha value is -2.91. The van der Waals surface area contributed by atoms with Crippen molar-refractivity contribution in [3.63, 3.8) is 0 Å². The molecule has 0 aliphatic carbocycles. The van der Waals surface area contributed by atoms with Crippen molar-refractivity contribution >= 4 is 10.0 Å². The van der Waals surface area contributed by atoms with Crippen LogP contribution in [0.3, 0.4) is 0 Å². The van der Waals surface area contributed by atoms with Crippen molar-refractivity contribution in [2.75, 3.05) is 14.2 Å². The summed E-state index contributed by atoms with van der Waals surface area (Å²) < 4.78 is 43.2. The van der Waals surface area contributed by atoms with Gasteiger partial charge in [0, 0.05) is 11.6 Å². The summed E-state index contributed by atoms with van der Waals surface area (Å²) in [5.41, 5.74) is 1.88. The van der Waals surface area contributed by atoms with Crippen LogP contribution in [0.25, 0.3) is 11.5 Å². The lowest BCUT2D eigenvalue weighted by Gasteiger charge is -2.10. The molecule has 0 amide bonds. The maximum Gasteiger partial charge on any atom is 0.247 e. The monoisotopic (exact) mass is 389 g/mol. The van der Waals surface area contributed by atoms with Crippen LogP contribution in [0.1, 0.15) is 11.5 Å². The van der Waals surface area contributed by atoms with E-state index in [2.05, 4.69) is 14.9 Å². The largest absolute Gasteiger partial charge is 0.493 e. The molecule has 0 atom stereocenters. The van der Waals surface area contributed by atoms with Gasteiger partial charge in [0.2, 0.25) is 21.8 Å². The van der Waals surface area contributed by atoms with Crippen LogP contribution in [0.15, 0.2) is 51.8 Å². The quantitative estimate of drug-likeness (QED) is 0.662. The molecule has 0 unspecified atom stereocenters. The van der Waals surface area contributed by atoms with Crippen molar-refractivity contribution in [3.05, 3.63) is 53.9 Å². The number of hydrogen-bond donors (Lipinski definition) is 1. The third-order valence-corrected chi connectivity index (χ3v) is 5.24. The number of ether oxygens (including phenoxy) is 2. The molecule has 142 valence electrons. The summed E-state index contributed by atoms with van der Waals surface area (Å²) in [6, 6.07) is 11.9. The maximum absolute atomic E-state index is 12.5. The van der Waals surface area contributed by atoms with Crippen molar-refractivity contribution in [2.45, 2.75) is 18.4 Å². The van der Waals surface area contributed by atoms with Crippen LogP contribution in [0, 0.1) is 6.92 Å². The van der Waals surface area contributed by atoms with E-state index in [1.54, 1.807) is 0 Å². The Morgan fingerprint density at radius 3 is 2.37 bits per heavy atom. The minimum absolute atomic E-state index is 0.0402. The van der Waals surface area contributed by atoms with E-state index in [0.29, 0.717) is 17.4 Å². The first-order valence-corrected chi connectivity index (χ1v) is 9.52. The summed E-state index contributed by atoms with van der Waals surface area (Å²) in [4.78, 5) is 0.0402. The Labute approximate surface area is 157 Å². The van der Waals surface area contributed by atoms with E-state index in [9.17, 15) is 8.42 Å². The highest BCUT2D eigenvalue weighted by atomic mass is 32.2. The van der Waals surface area contributed by atoms with Crippen LogP contribution in [0.5, 0.6) is 11.5 Å². The van der Waals surface area contributed by atoms with Crippen molar-refractivity contribution < 1.29 is 22.3 Å². The second kappa shape index (κ2) is 7.77. The smallest absolute Gasteiger partial charge is 0.247 e. The number of nitrogens with one attached hydrogen (secondary N) is 1. The highest BCUT2D eigenvalue weighted by Crippen LogP contribution is 2.29. The lowest BCUT2D eigenvalue weighted by Crippen LogP contribution is -2.23. The molecule has 0 fully saturated rings. The van der Waals surface area contributed by atoms with Crippen LogP contribution in [0.2, 0.25) is 0 Å². The lowest BCUT2D eigenvalue weighted by atomic mass is 10.1. The number of methoxy groups -OCH3 is 2. The van der Waals surface area contributed by atoms with Crippen LogP contribution < -0.4 is 14.2 Å². The van der Waals surface area contributed by atoms with Gasteiger partial charge < -0.3 is 13.9 Å². The van der Waals surface area contributed by atoms with Gasteiger partial charge in [-0.1, -0.05) is 17.7 Å². The Bertz CT molecular complexity index is 1030. The highest BCUT2D eigenvalue weighted by Gasteiger charge is 2.18. The predicted molar refractivity (Wildman–Crippen MR) is 98.0 cm³/mol. The van der Waals surface area contributed by atoms with Gasteiger partial charge in [-0.15, -0.1) is 10.2 Å². The van der Waals surface area contributed by atoms with Gasteiger partial charge >= 0.3 is 0 Å². The average Bonchev–Trinajstić information content (AvgIpc) is 3.15. The second-order valence-corrected chi connectivity index (χ2v) is 7.48. The molecule has 1 aromatic heterocycles. The molecule has 0 radical (unpaired) electrons. The van der Waals surface area contributed by atoms with E-state index in [0.717, 1.165) is 11.1 Å². The first kappa shape index (κ1) is 18.9. The zero-order valence-corrected chi connectivity index (χ0v) is 15.9. The maximum atomic E-state index is 12.5. The molecule has 0 saturated carbocycles. The van der Waals surface area contributed by atoms with E-state index < -0.39 is 10.0 Å². The fraction of sp³-hybridized carbons (Fsp3) is 0.222. The molecule has 0 aliphatic rings. The summed E-state index contributed by atoms with van der Waals surface area (Å²) in [6.07, 6.45) is 0. The molecule has 9 heteroatoms. The highest BCUT2D eigenvalue weighted by molar-refractivity contribution is 7.89. The third-order valence-electron chi connectivity index (χ3n) is 3.84. The van der Waals surface area contributed by atoms with E-state index in [4.69, 9.17) is 13.9 Å². The molecule has 1 heterocycles. The molecule has 1 N–H and O–H groups in total. The first-order valence-electron chi connectivity index (χ1n) is 8.04. The minimum Gasteiger partial charge on any atom is -0.493 e. The van der Waals surface area contributed by atoms with Crippen molar-refractivity contribution in [1.29, 1.82) is 0 Å². The molecule has 3 rings (SSSR count). The van der Waals surface area contributed by atoms with Gasteiger partial charge in [0.1, 0.15) is 0 Å². The molecule has 8 nitrogen and oxygen atoms in total. The number of hydrogen-bond acceptors (Lipinski definition) is 7. The molecule has 0 bridgehead atoms. The zero-order chi connectivity index (χ0) is 19.4. The molecule has 0 spiro atoms. The molecule has 3 aromatic rings. The first-order chi connectivity index (χ1) is 12.9. The van der Waals surface area contributed by atoms with Crippen molar-refractivity contribution in [3.8, 4) is 23.0 Å². The third kappa shape index (κ3) is 4.26. The van der Waals surface area contributed by atoms with Gasteiger partial charge in [-0.3, -0.25) is 0 Å². The molecule has 27 heavy (non-hydrogen) atoms. The van der Waals surface area contributed by atoms with Crippen LogP contribution >= 0.6 is 0 Å². The summed E-state index contributed by atoms with van der Waals surface area (Å²) >= 11 is 0.